The number of nitrogens with zero attached hydrogens (tertiary/aromatic N) is 2. The van der Waals surface area contributed by atoms with E-state index in [2.05, 4.69) is 60.7 Å². The minimum Gasteiger partial charge on any atom is -0.459 e. The predicted molar refractivity (Wildman–Crippen MR) is 338 cm³/mol. The summed E-state index contributed by atoms with van der Waals surface area (Å²) in [4.78, 5) is 33.0. The SMILES string of the molecule is CC[C@H]1OC(=O)[C@H](C)C([C@H]2C[C@@](C)(OC)[C@@H](O)[C@H](C)O2)[C@H](C)[C@@H](O[C@@H]2O[C@H](C)C[C@H](N(C)C)[C@H]2O)[C@](C)(O)C[C@@H](C)CN(C(=O)CCCCCCCCCCCCC[P+](c2ccccc2)(c2ccccc2)C2CCC(F)(F)CC2)[C@H](C)[C@@H](O)[C@]1(C)O. The molecule has 0 bridgehead atoms. The van der Waals surface area contributed by atoms with Crippen LogP contribution in [-0.4, -0.2) is 177 Å². The molecule has 3 aliphatic heterocycles. The molecule has 5 N–H and O–H groups in total. The molecule has 1 amide bonds. The van der Waals surface area contributed by atoms with Gasteiger partial charge in [0.25, 0.3) is 0 Å². The number of carbonyl (C=O) groups excluding carboxylic acids is 2. The third kappa shape index (κ3) is 17.9. The molecule has 1 aliphatic carbocycles. The number of amides is 1. The van der Waals surface area contributed by atoms with Crippen molar-refractivity contribution in [2.24, 2.45) is 23.7 Å². The molecule has 2 aromatic carbocycles. The van der Waals surface area contributed by atoms with E-state index >= 15 is 0 Å². The fourth-order valence-electron chi connectivity index (χ4n) is 15.6. The van der Waals surface area contributed by atoms with Crippen molar-refractivity contribution < 1.29 is 67.6 Å². The normalized spacial score (nSPS) is 36.5. The topological polar surface area (TPSA) is 188 Å². The number of aliphatic hydroxyl groups excluding tert-OH is 3. The van der Waals surface area contributed by atoms with Gasteiger partial charge in [-0.2, -0.15) is 0 Å². The molecule has 6 rings (SSSR count). The van der Waals surface area contributed by atoms with Gasteiger partial charge in [0.2, 0.25) is 11.8 Å². The number of aliphatic hydroxyl groups is 5. The summed E-state index contributed by atoms with van der Waals surface area (Å²) in [5.41, 5.74) is -4.49. The third-order valence-electron chi connectivity index (χ3n) is 20.7. The van der Waals surface area contributed by atoms with Gasteiger partial charge in [-0.05, 0) is 143 Å². The number of ether oxygens (including phenoxy) is 5. The number of cyclic esters (lactones) is 1. The van der Waals surface area contributed by atoms with Crippen LogP contribution in [0.4, 0.5) is 8.78 Å². The molecule has 4 aliphatic rings. The summed E-state index contributed by atoms with van der Waals surface area (Å²) in [6.07, 6.45) is 5.90. The van der Waals surface area contributed by atoms with E-state index in [1.165, 1.54) is 24.6 Å². The second-order valence-corrected chi connectivity index (χ2v) is 31.8. The van der Waals surface area contributed by atoms with Crippen LogP contribution in [0.3, 0.4) is 0 Å². The Morgan fingerprint density at radius 1 is 0.767 bits per heavy atom. The van der Waals surface area contributed by atoms with E-state index in [-0.39, 0.29) is 68.8 Å². The lowest BCUT2D eigenvalue weighted by Crippen LogP contribution is -2.61. The van der Waals surface area contributed by atoms with Crippen molar-refractivity contribution >= 4 is 29.7 Å². The Morgan fingerprint density at radius 3 is 1.83 bits per heavy atom. The van der Waals surface area contributed by atoms with Crippen molar-refractivity contribution in [3.8, 4) is 0 Å². The standard InChI is InChI=1S/C69H114F2N2O12P/c1-14-57-68(10,80)61(76)50(6)73(58(74)36-30-22-20-18-16-15-17-19-21-23-31-41-86(52-32-26-24-27-33-52,53-34-28-25-29-35-53)54-37-39-69(70,71)40-38-54)45-46(2)43-66(8,79)63(85-65-60(75)55(72(11)12)42-47(3)82-65)48(4)59(49(5)64(78)84-57)56-44-67(9,81-13)62(77)51(7)83-56/h24-29,32-35,46-51,54-57,59-63,65,75-77,79-80H,14-23,30-31,36-45H2,1-13H3/q+1/t46-,47-,48+,49-,50-,51+,55+,56-,57-,59?,60-,61-,62+,63-,65+,66-,67-,68-/m1/s1. The van der Waals surface area contributed by atoms with E-state index in [0.717, 1.165) is 70.4 Å². The molecule has 0 radical (unpaired) electrons. The number of hydrogen-bond acceptors (Lipinski definition) is 13. The minimum atomic E-state index is -2.57. The van der Waals surface area contributed by atoms with Crippen LogP contribution in [0, 0.1) is 23.7 Å². The van der Waals surface area contributed by atoms with E-state index in [0.29, 0.717) is 25.7 Å². The Balaban J connectivity index is 1.10. The summed E-state index contributed by atoms with van der Waals surface area (Å²) in [7, 11) is 3.38. The smallest absolute Gasteiger partial charge is 0.309 e. The van der Waals surface area contributed by atoms with Gasteiger partial charge in [-0.1, -0.05) is 115 Å². The number of carbonyl (C=O) groups is 2. The fourth-order valence-corrected chi connectivity index (χ4v) is 20.9. The monoisotopic (exact) mass is 1230 g/mol. The summed E-state index contributed by atoms with van der Waals surface area (Å²) in [6.45, 7) is 17.8. The maximum Gasteiger partial charge on any atom is 0.309 e. The number of halogens is 2. The summed E-state index contributed by atoms with van der Waals surface area (Å²) in [5.74, 6) is -6.26. The van der Waals surface area contributed by atoms with Crippen molar-refractivity contribution in [3.63, 3.8) is 0 Å². The highest BCUT2D eigenvalue weighted by Gasteiger charge is 2.56. The van der Waals surface area contributed by atoms with Gasteiger partial charge in [-0.3, -0.25) is 9.59 Å². The number of hydrogen-bond donors (Lipinski definition) is 5. The lowest BCUT2D eigenvalue weighted by molar-refractivity contribution is -0.302. The van der Waals surface area contributed by atoms with Crippen LogP contribution in [0.25, 0.3) is 0 Å². The highest BCUT2D eigenvalue weighted by molar-refractivity contribution is 7.90. The van der Waals surface area contributed by atoms with Crippen LogP contribution in [0.1, 0.15) is 198 Å². The average molecular weight is 1230 g/mol. The molecule has 17 heteroatoms. The summed E-state index contributed by atoms with van der Waals surface area (Å²) in [6, 6.07) is 20.3. The largest absolute Gasteiger partial charge is 0.459 e. The Hall–Kier alpha value is -2.73. The van der Waals surface area contributed by atoms with Gasteiger partial charge in [-0.25, -0.2) is 8.78 Å². The first kappa shape index (κ1) is 72.3. The zero-order chi connectivity index (χ0) is 63.4. The minimum absolute atomic E-state index is 0.0259. The molecule has 86 heavy (non-hydrogen) atoms. The Bertz CT molecular complexity index is 2310. The van der Waals surface area contributed by atoms with E-state index in [4.69, 9.17) is 23.7 Å². The molecule has 18 atom stereocenters. The summed E-state index contributed by atoms with van der Waals surface area (Å²) >= 11 is 0. The molecular formula is C69H114F2N2O12P+. The fraction of sp³-hybridized carbons (Fsp3) is 0.797. The maximum atomic E-state index is 14.8. The van der Waals surface area contributed by atoms with Gasteiger partial charge in [0.15, 0.2) is 6.29 Å². The number of unbranched alkanes of at least 4 members (excludes halogenated alkanes) is 10. The van der Waals surface area contributed by atoms with Crippen LogP contribution >= 0.6 is 7.26 Å². The second-order valence-electron chi connectivity index (χ2n) is 27.8. The lowest BCUT2D eigenvalue weighted by atomic mass is 9.68. The zero-order valence-corrected chi connectivity index (χ0v) is 55.7. The van der Waals surface area contributed by atoms with Crippen LogP contribution in [0.15, 0.2) is 60.7 Å². The van der Waals surface area contributed by atoms with Gasteiger partial charge in [0.05, 0.1) is 77.3 Å². The van der Waals surface area contributed by atoms with Crippen molar-refractivity contribution in [2.45, 2.75) is 293 Å². The predicted octanol–water partition coefficient (Wildman–Crippen LogP) is 11.0. The van der Waals surface area contributed by atoms with Gasteiger partial charge in [-0.15, -0.1) is 0 Å². The average Bonchev–Trinajstić information content (AvgIpc) is 0.905. The van der Waals surface area contributed by atoms with Crippen LogP contribution < -0.4 is 10.6 Å². The van der Waals surface area contributed by atoms with Crippen LogP contribution in [0.2, 0.25) is 0 Å². The molecular weight excluding hydrogens is 1120 g/mol. The number of alkyl halides is 2. The molecule has 1 saturated carbocycles. The van der Waals surface area contributed by atoms with Crippen molar-refractivity contribution in [1.29, 1.82) is 0 Å². The number of rotatable bonds is 23. The third-order valence-corrected chi connectivity index (χ3v) is 26.0. The second kappa shape index (κ2) is 32.0. The van der Waals surface area contributed by atoms with Gasteiger partial charge >= 0.3 is 5.97 Å². The van der Waals surface area contributed by atoms with E-state index in [1.54, 1.807) is 46.4 Å². The molecule has 0 spiro atoms. The number of methoxy groups -OCH3 is 1. The molecule has 0 aromatic heterocycles. The van der Waals surface area contributed by atoms with Gasteiger partial charge in [0.1, 0.15) is 30.0 Å². The highest BCUT2D eigenvalue weighted by atomic mass is 31.2. The first-order valence-electron chi connectivity index (χ1n) is 33.1. The van der Waals surface area contributed by atoms with Gasteiger partial charge in [0, 0.05) is 51.3 Å². The first-order valence-corrected chi connectivity index (χ1v) is 35.1. The lowest BCUT2D eigenvalue weighted by Gasteiger charge is -2.51. The first-order chi connectivity index (χ1) is 40.5. The summed E-state index contributed by atoms with van der Waals surface area (Å²) in [5, 5.41) is 63.6. The van der Waals surface area contributed by atoms with Crippen molar-refractivity contribution in [1.82, 2.24) is 9.80 Å². The van der Waals surface area contributed by atoms with Crippen molar-refractivity contribution in [2.75, 3.05) is 33.9 Å². The maximum absolute atomic E-state index is 14.8. The Kier molecular flexibility index (Phi) is 26.9. The molecule has 14 nitrogen and oxygen atoms in total. The van der Waals surface area contributed by atoms with E-state index in [1.807, 2.05) is 39.8 Å². The quantitative estimate of drug-likeness (QED) is 0.0402. The molecule has 3 heterocycles. The highest BCUT2D eigenvalue weighted by Crippen LogP contribution is 2.65. The van der Waals surface area contributed by atoms with E-state index < -0.39 is 115 Å². The van der Waals surface area contributed by atoms with Crippen LogP contribution in [0.5, 0.6) is 0 Å². The molecule has 1 unspecified atom stereocenters. The molecule has 490 valence electrons. The van der Waals surface area contributed by atoms with Gasteiger partial charge < -0.3 is 59.0 Å². The Labute approximate surface area is 516 Å². The number of benzene rings is 2. The molecule has 4 fully saturated rings. The molecule has 2 aromatic rings. The zero-order valence-electron chi connectivity index (χ0n) is 54.8. The van der Waals surface area contributed by atoms with Crippen LogP contribution in [-0.2, 0) is 33.3 Å². The number of likely N-dealkylation sites (N-methyl/N-ethyl adjacent to an activating group) is 1. The Morgan fingerprint density at radius 2 is 1.30 bits per heavy atom. The summed E-state index contributed by atoms with van der Waals surface area (Å²) < 4.78 is 61.2. The molecule has 3 saturated heterocycles. The number of esters is 1. The van der Waals surface area contributed by atoms with Crippen molar-refractivity contribution in [3.05, 3.63) is 60.7 Å². The van der Waals surface area contributed by atoms with E-state index in [9.17, 15) is 43.9 Å².